The minimum atomic E-state index is -0.783. The summed E-state index contributed by atoms with van der Waals surface area (Å²) in [5.74, 6) is 0.504. The zero-order valence-electron chi connectivity index (χ0n) is 15.1. The van der Waals surface area contributed by atoms with Crippen LogP contribution in [0.5, 0.6) is 23.0 Å². The van der Waals surface area contributed by atoms with Crippen LogP contribution in [0.1, 0.15) is 10.4 Å². The smallest absolute Gasteiger partial charge is 0.338 e. The maximum Gasteiger partial charge on any atom is 0.338 e. The van der Waals surface area contributed by atoms with Crippen LogP contribution in [0.25, 0.3) is 0 Å². The van der Waals surface area contributed by atoms with Crippen LogP contribution in [0.4, 0.5) is 10.5 Å². The minimum absolute atomic E-state index is 0.0781. The highest BCUT2D eigenvalue weighted by Crippen LogP contribution is 2.33. The largest absolute Gasteiger partial charge is 0.486 e. The first kappa shape index (κ1) is 18.4. The molecule has 2 aromatic rings. The second-order valence-corrected chi connectivity index (χ2v) is 6.00. The van der Waals surface area contributed by atoms with Crippen LogP contribution in [-0.2, 0) is 9.53 Å². The molecule has 0 bridgehead atoms. The highest BCUT2D eigenvalue weighted by atomic mass is 16.7. The van der Waals surface area contributed by atoms with Crippen LogP contribution >= 0.6 is 0 Å². The first-order chi connectivity index (χ1) is 14.1. The van der Waals surface area contributed by atoms with E-state index in [2.05, 4.69) is 10.6 Å². The molecule has 0 aromatic heterocycles. The van der Waals surface area contributed by atoms with Crippen molar-refractivity contribution in [2.75, 3.05) is 31.9 Å². The average Bonchev–Trinajstić information content (AvgIpc) is 3.19. The Morgan fingerprint density at radius 2 is 1.55 bits per heavy atom. The van der Waals surface area contributed by atoms with Crippen LogP contribution in [0, 0.1) is 0 Å². The SMILES string of the molecule is O=C(COC(=O)c1ccc2c(c1)OCO2)NC(=O)Nc1ccc2c(c1)OCCO2. The van der Waals surface area contributed by atoms with Crippen molar-refractivity contribution in [1.82, 2.24) is 5.32 Å². The monoisotopic (exact) mass is 400 g/mol. The van der Waals surface area contributed by atoms with E-state index in [4.69, 9.17) is 23.7 Å². The third kappa shape index (κ3) is 4.32. The number of hydrogen-bond donors (Lipinski definition) is 2. The van der Waals surface area contributed by atoms with Crippen LogP contribution in [0.15, 0.2) is 36.4 Å². The summed E-state index contributed by atoms with van der Waals surface area (Å²) in [6, 6.07) is 8.58. The molecule has 0 saturated heterocycles. The molecule has 10 heteroatoms. The molecule has 2 aliphatic heterocycles. The summed E-state index contributed by atoms with van der Waals surface area (Å²) in [7, 11) is 0. The minimum Gasteiger partial charge on any atom is -0.486 e. The molecule has 0 fully saturated rings. The lowest BCUT2D eigenvalue weighted by atomic mass is 10.2. The summed E-state index contributed by atoms with van der Waals surface area (Å²) in [5.41, 5.74) is 0.611. The number of ether oxygens (including phenoxy) is 5. The number of fused-ring (bicyclic) bond motifs is 2. The highest BCUT2D eigenvalue weighted by Gasteiger charge is 2.18. The summed E-state index contributed by atoms with van der Waals surface area (Å²) in [6.07, 6.45) is 0. The fourth-order valence-electron chi connectivity index (χ4n) is 2.68. The van der Waals surface area contributed by atoms with Crippen molar-refractivity contribution in [2.45, 2.75) is 0 Å². The summed E-state index contributed by atoms with van der Waals surface area (Å²) in [4.78, 5) is 35.8. The number of amides is 3. The molecule has 2 N–H and O–H groups in total. The maximum atomic E-state index is 12.0. The van der Waals surface area contributed by atoms with Gasteiger partial charge in [0.05, 0.1) is 5.56 Å². The number of benzene rings is 2. The number of nitrogens with one attached hydrogen (secondary N) is 2. The fourth-order valence-corrected chi connectivity index (χ4v) is 2.68. The lowest BCUT2D eigenvalue weighted by Gasteiger charge is -2.19. The quantitative estimate of drug-likeness (QED) is 0.744. The van der Waals surface area contributed by atoms with E-state index in [1.54, 1.807) is 24.3 Å². The van der Waals surface area contributed by atoms with Gasteiger partial charge in [-0.25, -0.2) is 9.59 Å². The molecular formula is C19H16N2O8. The van der Waals surface area contributed by atoms with E-state index >= 15 is 0 Å². The number of carbonyl (C=O) groups is 3. The number of carbonyl (C=O) groups excluding carboxylic acids is 3. The Balaban J connectivity index is 1.26. The van der Waals surface area contributed by atoms with Crippen molar-refractivity contribution in [1.29, 1.82) is 0 Å². The number of urea groups is 1. The summed E-state index contributed by atoms with van der Waals surface area (Å²) < 4.78 is 26.1. The molecule has 0 spiro atoms. The van der Waals surface area contributed by atoms with E-state index in [0.29, 0.717) is 41.9 Å². The molecule has 3 amide bonds. The molecule has 10 nitrogen and oxygen atoms in total. The first-order valence-corrected chi connectivity index (χ1v) is 8.66. The van der Waals surface area contributed by atoms with Crippen molar-refractivity contribution in [3.8, 4) is 23.0 Å². The second-order valence-electron chi connectivity index (χ2n) is 6.00. The van der Waals surface area contributed by atoms with Gasteiger partial charge in [-0.1, -0.05) is 0 Å². The molecule has 2 heterocycles. The van der Waals surface area contributed by atoms with Gasteiger partial charge in [-0.15, -0.1) is 0 Å². The molecular weight excluding hydrogens is 384 g/mol. The summed E-state index contributed by atoms with van der Waals surface area (Å²) in [6.45, 7) is 0.326. The van der Waals surface area contributed by atoms with Crippen LogP contribution in [-0.4, -0.2) is 44.5 Å². The Bertz CT molecular complexity index is 975. The van der Waals surface area contributed by atoms with Crippen LogP contribution in [0.2, 0.25) is 0 Å². The summed E-state index contributed by atoms with van der Waals surface area (Å²) in [5, 5.41) is 4.57. The first-order valence-electron chi connectivity index (χ1n) is 8.66. The zero-order chi connectivity index (χ0) is 20.2. The molecule has 2 aliphatic rings. The maximum absolute atomic E-state index is 12.0. The van der Waals surface area contributed by atoms with Crippen molar-refractivity contribution in [3.05, 3.63) is 42.0 Å². The van der Waals surface area contributed by atoms with Gasteiger partial charge >= 0.3 is 12.0 Å². The third-order valence-corrected chi connectivity index (χ3v) is 4.00. The van der Waals surface area contributed by atoms with E-state index in [1.807, 2.05) is 0 Å². The van der Waals surface area contributed by atoms with Gasteiger partial charge in [-0.05, 0) is 30.3 Å². The van der Waals surface area contributed by atoms with Gasteiger partial charge in [0.25, 0.3) is 5.91 Å². The number of rotatable bonds is 4. The van der Waals surface area contributed by atoms with Crippen molar-refractivity contribution < 1.29 is 38.1 Å². The standard InChI is InChI=1S/C19H16N2O8/c22-17(9-27-18(23)11-1-3-14-15(7-11)29-10-28-14)21-19(24)20-12-2-4-13-16(8-12)26-6-5-25-13/h1-4,7-8H,5-6,9-10H2,(H2,20,21,22,24). The number of anilines is 1. The summed E-state index contributed by atoms with van der Waals surface area (Å²) >= 11 is 0. The Kier molecular flexibility index (Phi) is 5.06. The Morgan fingerprint density at radius 3 is 2.41 bits per heavy atom. The zero-order valence-corrected chi connectivity index (χ0v) is 15.1. The second kappa shape index (κ2) is 7.97. The number of hydrogen-bond acceptors (Lipinski definition) is 8. The van der Waals surface area contributed by atoms with Gasteiger partial charge in [0, 0.05) is 11.8 Å². The van der Waals surface area contributed by atoms with Crippen molar-refractivity contribution in [2.24, 2.45) is 0 Å². The average molecular weight is 400 g/mol. The highest BCUT2D eigenvalue weighted by molar-refractivity contribution is 6.02. The van der Waals surface area contributed by atoms with Crippen molar-refractivity contribution in [3.63, 3.8) is 0 Å². The van der Waals surface area contributed by atoms with Crippen LogP contribution in [0.3, 0.4) is 0 Å². The molecule has 0 unspecified atom stereocenters. The van der Waals surface area contributed by atoms with E-state index < -0.39 is 24.5 Å². The number of imide groups is 1. The van der Waals surface area contributed by atoms with Gasteiger partial charge in [0.2, 0.25) is 6.79 Å². The predicted molar refractivity (Wildman–Crippen MR) is 97.4 cm³/mol. The van der Waals surface area contributed by atoms with Gasteiger partial charge < -0.3 is 29.0 Å². The van der Waals surface area contributed by atoms with Crippen molar-refractivity contribution >= 4 is 23.6 Å². The Morgan fingerprint density at radius 1 is 0.862 bits per heavy atom. The topological polar surface area (TPSA) is 121 Å². The molecule has 0 aliphatic carbocycles. The van der Waals surface area contributed by atoms with E-state index in [0.717, 1.165) is 0 Å². The van der Waals surface area contributed by atoms with Crippen LogP contribution < -0.4 is 29.6 Å². The van der Waals surface area contributed by atoms with E-state index in [9.17, 15) is 14.4 Å². The lowest BCUT2D eigenvalue weighted by molar-refractivity contribution is -0.123. The van der Waals surface area contributed by atoms with Gasteiger partial charge in [0.15, 0.2) is 29.6 Å². The molecule has 150 valence electrons. The van der Waals surface area contributed by atoms with E-state index in [1.165, 1.54) is 12.1 Å². The predicted octanol–water partition coefficient (Wildman–Crippen LogP) is 1.69. The normalized spacial score (nSPS) is 13.4. The molecule has 29 heavy (non-hydrogen) atoms. The molecule has 0 atom stereocenters. The lowest BCUT2D eigenvalue weighted by Crippen LogP contribution is -2.37. The Hall–Kier alpha value is -3.95. The third-order valence-electron chi connectivity index (χ3n) is 4.00. The molecule has 0 saturated carbocycles. The van der Waals surface area contributed by atoms with Gasteiger partial charge in [-0.3, -0.25) is 10.1 Å². The number of esters is 1. The fraction of sp³-hybridized carbons (Fsp3) is 0.211. The molecule has 2 aromatic carbocycles. The molecule has 4 rings (SSSR count). The molecule has 0 radical (unpaired) electrons. The van der Waals surface area contributed by atoms with E-state index in [-0.39, 0.29) is 12.4 Å². The van der Waals surface area contributed by atoms with Gasteiger partial charge in [0.1, 0.15) is 13.2 Å². The van der Waals surface area contributed by atoms with Gasteiger partial charge in [-0.2, -0.15) is 0 Å². The Labute approximate surface area is 164 Å².